The standard InChI is InChI=1S/C13H12N4S/c14-16-12(17-9-5-2-6-10-17)13(18)15-11-7-3-1-4-8-11/h1-10H,(H2-,14,15,18)/p+1. The Bertz CT molecular complexity index is 552. The van der Waals surface area contributed by atoms with Crippen LogP contribution in [-0.4, -0.2) is 10.8 Å². The number of benzene rings is 1. The molecule has 0 fully saturated rings. The van der Waals surface area contributed by atoms with Crippen molar-refractivity contribution in [1.29, 1.82) is 0 Å². The monoisotopic (exact) mass is 257 g/mol. The van der Waals surface area contributed by atoms with Gasteiger partial charge in [0.15, 0.2) is 0 Å². The summed E-state index contributed by atoms with van der Waals surface area (Å²) in [5, 5.41) is 6.82. The SMILES string of the molecule is NN=C(C(=S)Nc1ccccc1)[n+]1ccccc1. The van der Waals surface area contributed by atoms with Crippen molar-refractivity contribution >= 4 is 28.7 Å². The second-order valence-corrected chi connectivity index (χ2v) is 3.96. The fourth-order valence-corrected chi connectivity index (χ4v) is 1.77. The first kappa shape index (κ1) is 12.2. The van der Waals surface area contributed by atoms with Crippen LogP contribution in [0, 0.1) is 0 Å². The van der Waals surface area contributed by atoms with Gasteiger partial charge in [-0.05, 0) is 24.3 Å². The van der Waals surface area contributed by atoms with Crippen LogP contribution < -0.4 is 15.7 Å². The maximum absolute atomic E-state index is 5.40. The normalized spacial score (nSPS) is 11.0. The van der Waals surface area contributed by atoms with E-state index in [1.807, 2.05) is 60.9 Å². The van der Waals surface area contributed by atoms with Gasteiger partial charge in [0, 0.05) is 10.8 Å². The molecule has 0 saturated heterocycles. The number of hydrogen-bond donors (Lipinski definition) is 2. The maximum Gasteiger partial charge on any atom is 0.386 e. The summed E-state index contributed by atoms with van der Waals surface area (Å²) in [7, 11) is 0. The van der Waals surface area contributed by atoms with E-state index in [1.165, 1.54) is 0 Å². The molecule has 0 amide bonds. The van der Waals surface area contributed by atoms with Gasteiger partial charge in [-0.25, -0.2) is 5.84 Å². The molecule has 0 saturated carbocycles. The van der Waals surface area contributed by atoms with E-state index < -0.39 is 0 Å². The minimum absolute atomic E-state index is 0.472. The molecule has 1 heterocycles. The minimum Gasteiger partial charge on any atom is -0.340 e. The molecule has 18 heavy (non-hydrogen) atoms. The summed E-state index contributed by atoms with van der Waals surface area (Å²) < 4.78 is 1.76. The lowest BCUT2D eigenvalue weighted by Gasteiger charge is -2.05. The van der Waals surface area contributed by atoms with Crippen molar-refractivity contribution in [1.82, 2.24) is 0 Å². The zero-order valence-corrected chi connectivity index (χ0v) is 10.5. The van der Waals surface area contributed by atoms with Crippen LogP contribution in [0.15, 0.2) is 66.0 Å². The quantitative estimate of drug-likeness (QED) is 0.203. The Hall–Kier alpha value is -2.27. The number of hydrazone groups is 1. The molecule has 0 unspecified atom stereocenters. The molecular formula is C13H13N4S+. The van der Waals surface area contributed by atoms with Crippen LogP contribution in [0.4, 0.5) is 5.69 Å². The Morgan fingerprint density at radius 3 is 2.28 bits per heavy atom. The molecule has 3 N–H and O–H groups in total. The lowest BCUT2D eigenvalue weighted by molar-refractivity contribution is -0.552. The van der Waals surface area contributed by atoms with Crippen molar-refractivity contribution < 1.29 is 4.57 Å². The molecular weight excluding hydrogens is 244 g/mol. The van der Waals surface area contributed by atoms with Crippen molar-refractivity contribution in [3.63, 3.8) is 0 Å². The van der Waals surface area contributed by atoms with Gasteiger partial charge >= 0.3 is 5.84 Å². The number of hydrogen-bond acceptors (Lipinski definition) is 3. The first-order valence-electron chi connectivity index (χ1n) is 5.42. The summed E-state index contributed by atoms with van der Waals surface area (Å²) in [6.07, 6.45) is 3.68. The third-order valence-corrected chi connectivity index (χ3v) is 2.60. The molecule has 90 valence electrons. The van der Waals surface area contributed by atoms with Gasteiger partial charge in [-0.2, -0.15) is 4.57 Å². The number of nitrogens with zero attached hydrogens (tertiary/aromatic N) is 2. The van der Waals surface area contributed by atoms with Crippen LogP contribution in [0.1, 0.15) is 0 Å². The molecule has 1 aromatic carbocycles. The molecule has 1 aromatic heterocycles. The van der Waals surface area contributed by atoms with Crippen LogP contribution >= 0.6 is 12.2 Å². The Labute approximate surface area is 111 Å². The highest BCUT2D eigenvalue weighted by Gasteiger charge is 2.18. The van der Waals surface area contributed by atoms with Crippen LogP contribution in [-0.2, 0) is 0 Å². The molecule has 0 spiro atoms. The van der Waals surface area contributed by atoms with Crippen LogP contribution in [0.2, 0.25) is 0 Å². The molecule has 0 aliphatic heterocycles. The first-order valence-corrected chi connectivity index (χ1v) is 5.83. The second kappa shape index (κ2) is 5.88. The third kappa shape index (κ3) is 2.89. The Kier molecular flexibility index (Phi) is 3.98. The summed E-state index contributed by atoms with van der Waals surface area (Å²) in [4.78, 5) is 0.472. The maximum atomic E-state index is 5.40. The highest BCUT2D eigenvalue weighted by molar-refractivity contribution is 7.82. The Morgan fingerprint density at radius 2 is 1.67 bits per heavy atom. The van der Waals surface area contributed by atoms with Gasteiger partial charge in [0.25, 0.3) is 0 Å². The largest absolute Gasteiger partial charge is 0.386 e. The number of para-hydroxylation sites is 1. The van der Waals surface area contributed by atoms with Crippen molar-refractivity contribution in [2.24, 2.45) is 10.9 Å². The highest BCUT2D eigenvalue weighted by Crippen LogP contribution is 2.05. The summed E-state index contributed by atoms with van der Waals surface area (Å²) in [6.45, 7) is 0. The van der Waals surface area contributed by atoms with Gasteiger partial charge in [-0.15, -0.1) is 0 Å². The topological polar surface area (TPSA) is 54.3 Å². The molecule has 0 atom stereocenters. The van der Waals surface area contributed by atoms with Crippen molar-refractivity contribution in [3.05, 3.63) is 60.9 Å². The third-order valence-electron chi connectivity index (χ3n) is 2.32. The van der Waals surface area contributed by atoms with Gasteiger partial charge in [-0.3, -0.25) is 0 Å². The molecule has 2 aromatic rings. The highest BCUT2D eigenvalue weighted by atomic mass is 32.1. The van der Waals surface area contributed by atoms with Gasteiger partial charge in [-0.1, -0.05) is 36.5 Å². The summed E-state index contributed by atoms with van der Waals surface area (Å²) >= 11 is 5.30. The predicted octanol–water partition coefficient (Wildman–Crippen LogP) is 1.53. The smallest absolute Gasteiger partial charge is 0.340 e. The molecule has 2 rings (SSSR count). The van der Waals surface area contributed by atoms with E-state index in [1.54, 1.807) is 4.57 Å². The number of nitrogens with two attached hydrogens (primary N) is 1. The van der Waals surface area contributed by atoms with Crippen LogP contribution in [0.5, 0.6) is 0 Å². The predicted molar refractivity (Wildman–Crippen MR) is 76.3 cm³/mol. The molecule has 0 aliphatic rings. The van der Waals surface area contributed by atoms with Gasteiger partial charge in [0.05, 0.1) is 12.4 Å². The number of aromatic nitrogens is 1. The van der Waals surface area contributed by atoms with Crippen LogP contribution in [0.3, 0.4) is 0 Å². The molecule has 0 bridgehead atoms. The zero-order valence-electron chi connectivity index (χ0n) is 9.65. The van der Waals surface area contributed by atoms with Gasteiger partial charge in [0.2, 0.25) is 4.99 Å². The molecule has 4 nitrogen and oxygen atoms in total. The van der Waals surface area contributed by atoms with Crippen molar-refractivity contribution in [2.45, 2.75) is 0 Å². The number of anilines is 1. The summed E-state index contributed by atoms with van der Waals surface area (Å²) in [5.74, 6) is 5.89. The van der Waals surface area contributed by atoms with Gasteiger partial charge < -0.3 is 5.32 Å². The number of thiocarbonyl (C=S) groups is 1. The average Bonchev–Trinajstić information content (AvgIpc) is 2.42. The van der Waals surface area contributed by atoms with E-state index in [9.17, 15) is 0 Å². The second-order valence-electron chi connectivity index (χ2n) is 3.56. The summed E-state index contributed by atoms with van der Waals surface area (Å²) in [6, 6.07) is 15.3. The lowest BCUT2D eigenvalue weighted by Crippen LogP contribution is -2.49. The van der Waals surface area contributed by atoms with E-state index >= 15 is 0 Å². The van der Waals surface area contributed by atoms with E-state index in [0.717, 1.165) is 5.69 Å². The lowest BCUT2D eigenvalue weighted by atomic mass is 10.3. The van der Waals surface area contributed by atoms with Crippen molar-refractivity contribution in [3.8, 4) is 0 Å². The molecule has 0 aliphatic carbocycles. The van der Waals surface area contributed by atoms with E-state index in [4.69, 9.17) is 18.1 Å². The number of pyridine rings is 1. The van der Waals surface area contributed by atoms with Crippen LogP contribution in [0.25, 0.3) is 0 Å². The van der Waals surface area contributed by atoms with Gasteiger partial charge in [0.1, 0.15) is 0 Å². The van der Waals surface area contributed by atoms with E-state index in [-0.39, 0.29) is 0 Å². The number of rotatable bonds is 1. The summed E-state index contributed by atoms with van der Waals surface area (Å²) in [5.41, 5.74) is 0.903. The molecule has 0 radical (unpaired) electrons. The van der Waals surface area contributed by atoms with E-state index in [0.29, 0.717) is 10.8 Å². The Balaban J connectivity index is 2.18. The fraction of sp³-hybridized carbons (Fsp3) is 0. The number of nitrogens with one attached hydrogen (secondary N) is 1. The zero-order chi connectivity index (χ0) is 12.8. The fourth-order valence-electron chi connectivity index (χ4n) is 1.49. The average molecular weight is 257 g/mol. The first-order chi connectivity index (χ1) is 8.81. The van der Waals surface area contributed by atoms with Crippen molar-refractivity contribution in [2.75, 3.05) is 5.32 Å². The minimum atomic E-state index is 0.472. The molecule has 5 heteroatoms. The van der Waals surface area contributed by atoms with E-state index in [2.05, 4.69) is 10.4 Å². The Morgan fingerprint density at radius 1 is 1.06 bits per heavy atom.